The predicted molar refractivity (Wildman–Crippen MR) is 90.0 cm³/mol. The van der Waals surface area contributed by atoms with Crippen LogP contribution in [0.25, 0.3) is 11.0 Å². The van der Waals surface area contributed by atoms with E-state index >= 15 is 0 Å². The number of thiophene rings is 1. The van der Waals surface area contributed by atoms with Crippen molar-refractivity contribution >= 4 is 61.5 Å². The third kappa shape index (κ3) is 3.11. The molecule has 2 nitrogen and oxygen atoms in total. The topological polar surface area (TPSA) is 17.8 Å². The highest BCUT2D eigenvalue weighted by Gasteiger charge is 2.13. The Hall–Kier alpha value is -0.620. The van der Waals surface area contributed by atoms with E-state index in [2.05, 4.69) is 27.0 Å². The fourth-order valence-electron chi connectivity index (χ4n) is 2.23. The first-order chi connectivity index (χ1) is 10.1. The number of fused-ring (bicyclic) bond motifs is 1. The summed E-state index contributed by atoms with van der Waals surface area (Å²) >= 11 is 17.0. The van der Waals surface area contributed by atoms with Crippen LogP contribution in [0.5, 0.6) is 0 Å². The van der Waals surface area contributed by atoms with Crippen LogP contribution in [0.2, 0.25) is 5.02 Å². The fraction of sp³-hybridized carbons (Fsp3) is 0.214. The van der Waals surface area contributed by atoms with E-state index < -0.39 is 5.82 Å². The van der Waals surface area contributed by atoms with E-state index in [9.17, 15) is 4.39 Å². The smallest absolute Gasteiger partial charge is 0.144 e. The zero-order chi connectivity index (χ0) is 15.0. The van der Waals surface area contributed by atoms with Gasteiger partial charge >= 0.3 is 0 Å². The van der Waals surface area contributed by atoms with E-state index in [1.807, 2.05) is 10.6 Å². The van der Waals surface area contributed by atoms with Crippen molar-refractivity contribution in [3.05, 3.63) is 49.6 Å². The summed E-state index contributed by atoms with van der Waals surface area (Å²) in [6.07, 6.45) is 0.862. The molecule has 0 radical (unpaired) electrons. The van der Waals surface area contributed by atoms with Crippen LogP contribution in [0.15, 0.2) is 28.1 Å². The largest absolute Gasteiger partial charge is 0.327 e. The minimum absolute atomic E-state index is 0.101. The van der Waals surface area contributed by atoms with E-state index in [0.29, 0.717) is 5.52 Å². The van der Waals surface area contributed by atoms with E-state index in [1.165, 1.54) is 10.9 Å². The number of nitrogens with zero attached hydrogens (tertiary/aromatic N) is 2. The Morgan fingerprint density at radius 3 is 2.81 bits per heavy atom. The van der Waals surface area contributed by atoms with Gasteiger partial charge in [0.2, 0.25) is 0 Å². The summed E-state index contributed by atoms with van der Waals surface area (Å²) in [5.74, 6) is 0.545. The molecule has 21 heavy (non-hydrogen) atoms. The lowest BCUT2D eigenvalue weighted by atomic mass is 10.3. The summed E-state index contributed by atoms with van der Waals surface area (Å²) in [5.41, 5.74) is 1.40. The lowest BCUT2D eigenvalue weighted by Crippen LogP contribution is -2.04. The normalized spacial score (nSPS) is 11.4. The summed E-state index contributed by atoms with van der Waals surface area (Å²) in [4.78, 5) is 5.64. The number of hydrogen-bond acceptors (Lipinski definition) is 2. The second kappa shape index (κ2) is 6.24. The number of aryl methyl sites for hydroxylation is 2. The minimum atomic E-state index is -0.461. The van der Waals surface area contributed by atoms with Crippen molar-refractivity contribution in [1.29, 1.82) is 0 Å². The first kappa shape index (κ1) is 15.3. The molecule has 2 aromatic heterocycles. The number of alkyl halides is 1. The van der Waals surface area contributed by atoms with E-state index in [4.69, 9.17) is 23.2 Å². The van der Waals surface area contributed by atoms with Crippen LogP contribution in [0.1, 0.15) is 10.7 Å². The molecule has 0 fully saturated rings. The molecule has 0 saturated carbocycles. The van der Waals surface area contributed by atoms with Crippen molar-refractivity contribution in [2.75, 3.05) is 0 Å². The van der Waals surface area contributed by atoms with Gasteiger partial charge in [0.25, 0.3) is 0 Å². The molecule has 0 aliphatic heterocycles. The van der Waals surface area contributed by atoms with Gasteiger partial charge in [0.15, 0.2) is 0 Å². The van der Waals surface area contributed by atoms with Crippen LogP contribution < -0.4 is 0 Å². The number of rotatable bonds is 4. The van der Waals surface area contributed by atoms with Gasteiger partial charge in [-0.1, -0.05) is 11.6 Å². The summed E-state index contributed by atoms with van der Waals surface area (Å²) in [5, 5.41) is 0.101. The average Bonchev–Trinajstić information content (AvgIpc) is 3.01. The van der Waals surface area contributed by atoms with Crippen LogP contribution in [0, 0.1) is 5.82 Å². The highest BCUT2D eigenvalue weighted by atomic mass is 79.9. The summed E-state index contributed by atoms with van der Waals surface area (Å²) in [7, 11) is 0. The Balaban J connectivity index is 1.97. The van der Waals surface area contributed by atoms with Crippen LogP contribution in [-0.4, -0.2) is 9.55 Å². The molecule has 0 unspecified atom stereocenters. The van der Waals surface area contributed by atoms with Crippen LogP contribution in [-0.2, 0) is 18.8 Å². The first-order valence-electron chi connectivity index (χ1n) is 6.23. The minimum Gasteiger partial charge on any atom is -0.327 e. The maximum absolute atomic E-state index is 13.5. The standard InChI is InChI=1S/C14H10BrCl2FN2S/c15-13-2-1-8(21-13)3-4-20-12-5-9(17)10(18)6-11(12)19-14(20)7-16/h1-2,5-6H,3-4,7H2. The second-order valence-electron chi connectivity index (χ2n) is 4.52. The molecule has 3 rings (SSSR count). The molecule has 2 heterocycles. The quantitative estimate of drug-likeness (QED) is 0.512. The Kier molecular flexibility index (Phi) is 4.54. The highest BCUT2D eigenvalue weighted by molar-refractivity contribution is 9.11. The molecule has 110 valence electrons. The van der Waals surface area contributed by atoms with Crippen LogP contribution in [0.4, 0.5) is 4.39 Å². The Labute approximate surface area is 143 Å². The van der Waals surface area contributed by atoms with Gasteiger partial charge in [0.05, 0.1) is 25.7 Å². The maximum atomic E-state index is 13.5. The second-order valence-corrected chi connectivity index (χ2v) is 7.75. The molecule has 0 aliphatic rings. The molecule has 0 bridgehead atoms. The van der Waals surface area contributed by atoms with Crippen molar-refractivity contribution in [1.82, 2.24) is 9.55 Å². The molecule has 7 heteroatoms. The number of benzene rings is 1. The molecule has 0 amide bonds. The van der Waals surface area contributed by atoms with Gasteiger partial charge in [0, 0.05) is 17.5 Å². The predicted octanol–water partition coefficient (Wildman–Crippen LogP) is 5.63. The molecule has 0 N–H and O–H groups in total. The zero-order valence-corrected chi connectivity index (χ0v) is 14.7. The van der Waals surface area contributed by atoms with E-state index in [-0.39, 0.29) is 10.9 Å². The van der Waals surface area contributed by atoms with Crippen molar-refractivity contribution in [2.24, 2.45) is 0 Å². The van der Waals surface area contributed by atoms with Gasteiger partial charge in [-0.25, -0.2) is 9.37 Å². The first-order valence-corrected chi connectivity index (χ1v) is 8.75. The lowest BCUT2D eigenvalue weighted by molar-refractivity contribution is 0.629. The summed E-state index contributed by atoms with van der Waals surface area (Å²) in [6, 6.07) is 7.08. The molecular formula is C14H10BrCl2FN2S. The molecule has 3 aromatic rings. The molecule has 0 saturated heterocycles. The fourth-order valence-corrected chi connectivity index (χ4v) is 4.06. The van der Waals surface area contributed by atoms with Crippen LogP contribution in [0.3, 0.4) is 0 Å². The number of aromatic nitrogens is 2. The van der Waals surface area contributed by atoms with E-state index in [1.54, 1.807) is 17.4 Å². The third-order valence-electron chi connectivity index (χ3n) is 3.20. The Morgan fingerprint density at radius 1 is 1.33 bits per heavy atom. The summed E-state index contributed by atoms with van der Waals surface area (Å²) in [6.45, 7) is 0.730. The van der Waals surface area contributed by atoms with Gasteiger partial charge in [0.1, 0.15) is 11.6 Å². The molecule has 0 spiro atoms. The van der Waals surface area contributed by atoms with Gasteiger partial charge < -0.3 is 4.57 Å². The number of imidazole rings is 1. The molecular weight excluding hydrogens is 398 g/mol. The molecule has 0 atom stereocenters. The Morgan fingerprint density at radius 2 is 2.14 bits per heavy atom. The van der Waals surface area contributed by atoms with E-state index in [0.717, 1.165) is 28.1 Å². The van der Waals surface area contributed by atoms with Gasteiger partial charge in [-0.05, 0) is 40.5 Å². The molecule has 1 aromatic carbocycles. The van der Waals surface area contributed by atoms with Crippen molar-refractivity contribution in [3.63, 3.8) is 0 Å². The van der Waals surface area contributed by atoms with Crippen molar-refractivity contribution in [3.8, 4) is 0 Å². The van der Waals surface area contributed by atoms with Gasteiger partial charge in [-0.2, -0.15) is 0 Å². The van der Waals surface area contributed by atoms with Crippen molar-refractivity contribution in [2.45, 2.75) is 18.8 Å². The Bertz CT molecular complexity index is 800. The maximum Gasteiger partial charge on any atom is 0.144 e. The average molecular weight is 408 g/mol. The summed E-state index contributed by atoms with van der Waals surface area (Å²) < 4.78 is 16.6. The number of hydrogen-bond donors (Lipinski definition) is 0. The molecule has 0 aliphatic carbocycles. The zero-order valence-electron chi connectivity index (χ0n) is 10.7. The van der Waals surface area contributed by atoms with Crippen LogP contribution >= 0.6 is 50.5 Å². The SMILES string of the molecule is Fc1cc2nc(CCl)n(CCc3ccc(Br)s3)c2cc1Cl. The highest BCUT2D eigenvalue weighted by Crippen LogP contribution is 2.26. The third-order valence-corrected chi connectivity index (χ3v) is 5.41. The lowest BCUT2D eigenvalue weighted by Gasteiger charge is -2.07. The van der Waals surface area contributed by atoms with Gasteiger partial charge in [-0.3, -0.25) is 0 Å². The monoisotopic (exact) mass is 406 g/mol. The van der Waals surface area contributed by atoms with Crippen molar-refractivity contribution < 1.29 is 4.39 Å². The number of halogens is 4. The van der Waals surface area contributed by atoms with Gasteiger partial charge in [-0.15, -0.1) is 22.9 Å².